The molecule has 3 aromatic rings. The molecule has 2 aromatic heterocycles. The van der Waals surface area contributed by atoms with Crippen LogP contribution in [0.25, 0.3) is 11.0 Å². The van der Waals surface area contributed by atoms with Crippen LogP contribution in [0.4, 0.5) is 17.2 Å². The summed E-state index contributed by atoms with van der Waals surface area (Å²) in [5, 5.41) is 7.12. The maximum absolute atomic E-state index is 11.3. The van der Waals surface area contributed by atoms with Crippen LogP contribution in [0, 0.1) is 6.92 Å². The van der Waals surface area contributed by atoms with E-state index in [1.807, 2.05) is 31.2 Å². The third-order valence-electron chi connectivity index (χ3n) is 3.62. The minimum absolute atomic E-state index is 0.0918. The second kappa shape index (κ2) is 6.08. The molecule has 6 nitrogen and oxygen atoms in total. The van der Waals surface area contributed by atoms with E-state index in [9.17, 15) is 4.79 Å². The SMILES string of the molecule is CCc1ccc(NC(C)=O)cc1Nc1ncnc2[nH]c(C)cc12. The molecule has 0 aliphatic heterocycles. The van der Waals surface area contributed by atoms with Gasteiger partial charge in [0.25, 0.3) is 0 Å². The van der Waals surface area contributed by atoms with Crippen molar-refractivity contribution in [1.29, 1.82) is 0 Å². The minimum atomic E-state index is -0.0918. The van der Waals surface area contributed by atoms with Crippen LogP contribution in [0.5, 0.6) is 0 Å². The molecule has 3 rings (SSSR count). The Balaban J connectivity index is 2.01. The summed E-state index contributed by atoms with van der Waals surface area (Å²) in [6.07, 6.45) is 2.41. The fraction of sp³-hybridized carbons (Fsp3) is 0.235. The first-order chi connectivity index (χ1) is 11.1. The van der Waals surface area contributed by atoms with Gasteiger partial charge in [-0.1, -0.05) is 13.0 Å². The van der Waals surface area contributed by atoms with Crippen LogP contribution in [-0.2, 0) is 11.2 Å². The lowest BCUT2D eigenvalue weighted by Crippen LogP contribution is -2.07. The summed E-state index contributed by atoms with van der Waals surface area (Å²) in [5.41, 5.74) is 4.67. The van der Waals surface area contributed by atoms with E-state index in [0.29, 0.717) is 0 Å². The van der Waals surface area contributed by atoms with Crippen molar-refractivity contribution in [2.45, 2.75) is 27.2 Å². The highest BCUT2D eigenvalue weighted by Crippen LogP contribution is 2.28. The fourth-order valence-electron chi connectivity index (χ4n) is 2.58. The van der Waals surface area contributed by atoms with Crippen LogP contribution in [-0.4, -0.2) is 20.9 Å². The van der Waals surface area contributed by atoms with Crippen molar-refractivity contribution >= 4 is 34.1 Å². The predicted octanol–water partition coefficient (Wildman–Crippen LogP) is 3.53. The van der Waals surface area contributed by atoms with Gasteiger partial charge in [-0.2, -0.15) is 0 Å². The Morgan fingerprint density at radius 2 is 2.09 bits per heavy atom. The molecule has 0 saturated heterocycles. The van der Waals surface area contributed by atoms with Gasteiger partial charge >= 0.3 is 0 Å². The second-order valence-corrected chi connectivity index (χ2v) is 5.47. The molecule has 0 unspecified atom stereocenters. The summed E-state index contributed by atoms with van der Waals surface area (Å²) in [6.45, 7) is 5.58. The number of nitrogens with one attached hydrogen (secondary N) is 3. The highest BCUT2D eigenvalue weighted by Gasteiger charge is 2.09. The molecule has 0 fully saturated rings. The molecule has 0 aliphatic carbocycles. The van der Waals surface area contributed by atoms with Crippen molar-refractivity contribution in [3.8, 4) is 0 Å². The van der Waals surface area contributed by atoms with Gasteiger partial charge in [-0.3, -0.25) is 4.79 Å². The largest absolute Gasteiger partial charge is 0.343 e. The van der Waals surface area contributed by atoms with Crippen LogP contribution >= 0.6 is 0 Å². The lowest BCUT2D eigenvalue weighted by atomic mass is 10.1. The summed E-state index contributed by atoms with van der Waals surface area (Å²) in [5.74, 6) is 0.653. The maximum Gasteiger partial charge on any atom is 0.221 e. The average Bonchev–Trinajstić information content (AvgIpc) is 2.88. The lowest BCUT2D eigenvalue weighted by molar-refractivity contribution is -0.114. The van der Waals surface area contributed by atoms with E-state index in [1.165, 1.54) is 13.3 Å². The van der Waals surface area contributed by atoms with Gasteiger partial charge in [0.05, 0.1) is 5.39 Å². The summed E-state index contributed by atoms with van der Waals surface area (Å²) in [6, 6.07) is 7.85. The molecule has 0 aliphatic rings. The van der Waals surface area contributed by atoms with Gasteiger partial charge in [0.1, 0.15) is 17.8 Å². The molecule has 2 heterocycles. The van der Waals surface area contributed by atoms with Gasteiger partial charge in [-0.05, 0) is 37.1 Å². The van der Waals surface area contributed by atoms with Gasteiger partial charge in [0, 0.05) is 24.0 Å². The van der Waals surface area contributed by atoms with Crippen LogP contribution in [0.15, 0.2) is 30.6 Å². The molecule has 0 radical (unpaired) electrons. The number of H-pyrrole nitrogens is 1. The molecule has 3 N–H and O–H groups in total. The number of anilines is 3. The zero-order valence-corrected chi connectivity index (χ0v) is 13.4. The van der Waals surface area contributed by atoms with E-state index in [2.05, 4.69) is 32.5 Å². The van der Waals surface area contributed by atoms with Crippen molar-refractivity contribution in [3.05, 3.63) is 41.9 Å². The number of hydrogen-bond acceptors (Lipinski definition) is 4. The number of amides is 1. The van der Waals surface area contributed by atoms with E-state index in [4.69, 9.17) is 0 Å². The number of hydrogen-bond donors (Lipinski definition) is 3. The zero-order valence-electron chi connectivity index (χ0n) is 13.4. The van der Waals surface area contributed by atoms with E-state index in [1.54, 1.807) is 0 Å². The third-order valence-corrected chi connectivity index (χ3v) is 3.62. The Morgan fingerprint density at radius 3 is 2.83 bits per heavy atom. The molecule has 118 valence electrons. The van der Waals surface area contributed by atoms with E-state index in [0.717, 1.165) is 45.9 Å². The van der Waals surface area contributed by atoms with Gasteiger partial charge in [-0.15, -0.1) is 0 Å². The Labute approximate surface area is 134 Å². The average molecular weight is 309 g/mol. The number of rotatable bonds is 4. The Kier molecular flexibility index (Phi) is 3.97. The number of nitrogens with zero attached hydrogens (tertiary/aromatic N) is 2. The number of carbonyl (C=O) groups excluding carboxylic acids is 1. The first-order valence-electron chi connectivity index (χ1n) is 7.54. The summed E-state index contributed by atoms with van der Waals surface area (Å²) in [7, 11) is 0. The van der Waals surface area contributed by atoms with Crippen LogP contribution in [0.2, 0.25) is 0 Å². The maximum atomic E-state index is 11.3. The quantitative estimate of drug-likeness (QED) is 0.688. The monoisotopic (exact) mass is 309 g/mol. The molecule has 0 bridgehead atoms. The number of carbonyl (C=O) groups is 1. The van der Waals surface area contributed by atoms with Crippen molar-refractivity contribution in [2.24, 2.45) is 0 Å². The predicted molar refractivity (Wildman–Crippen MR) is 92.0 cm³/mol. The first kappa shape index (κ1) is 15.0. The normalized spacial score (nSPS) is 10.7. The van der Waals surface area contributed by atoms with E-state index in [-0.39, 0.29) is 5.91 Å². The van der Waals surface area contributed by atoms with Crippen molar-refractivity contribution < 1.29 is 4.79 Å². The number of aryl methyl sites for hydroxylation is 2. The highest BCUT2D eigenvalue weighted by molar-refractivity contribution is 5.92. The number of benzene rings is 1. The molecule has 23 heavy (non-hydrogen) atoms. The second-order valence-electron chi connectivity index (χ2n) is 5.47. The van der Waals surface area contributed by atoms with E-state index >= 15 is 0 Å². The Morgan fingerprint density at radius 1 is 1.26 bits per heavy atom. The van der Waals surface area contributed by atoms with Gasteiger partial charge < -0.3 is 15.6 Å². The number of aromatic amines is 1. The topological polar surface area (TPSA) is 82.7 Å². The van der Waals surface area contributed by atoms with Gasteiger partial charge in [-0.25, -0.2) is 9.97 Å². The molecule has 0 atom stereocenters. The van der Waals surface area contributed by atoms with Crippen molar-refractivity contribution in [2.75, 3.05) is 10.6 Å². The molecule has 0 saturated carbocycles. The smallest absolute Gasteiger partial charge is 0.221 e. The summed E-state index contributed by atoms with van der Waals surface area (Å²) >= 11 is 0. The van der Waals surface area contributed by atoms with Crippen LogP contribution in [0.3, 0.4) is 0 Å². The lowest BCUT2D eigenvalue weighted by Gasteiger charge is -2.13. The third kappa shape index (κ3) is 3.15. The summed E-state index contributed by atoms with van der Waals surface area (Å²) in [4.78, 5) is 23.1. The zero-order chi connectivity index (χ0) is 16.4. The minimum Gasteiger partial charge on any atom is -0.343 e. The van der Waals surface area contributed by atoms with Crippen molar-refractivity contribution in [3.63, 3.8) is 0 Å². The fourth-order valence-corrected chi connectivity index (χ4v) is 2.58. The molecular weight excluding hydrogens is 290 g/mol. The number of fused-ring (bicyclic) bond motifs is 1. The molecule has 1 amide bonds. The Bertz CT molecular complexity index is 869. The van der Waals surface area contributed by atoms with Crippen molar-refractivity contribution in [1.82, 2.24) is 15.0 Å². The first-order valence-corrected chi connectivity index (χ1v) is 7.54. The number of aromatic nitrogens is 3. The van der Waals surface area contributed by atoms with E-state index < -0.39 is 0 Å². The standard InChI is InChI=1S/C17H19N5O/c1-4-12-5-6-13(21-11(3)23)8-15(12)22-17-14-7-10(2)20-16(14)18-9-19-17/h5-9H,4H2,1-3H3,(H,21,23)(H2,18,19,20,22). The molecule has 6 heteroatoms. The Hall–Kier alpha value is -2.89. The van der Waals surface area contributed by atoms with Gasteiger partial charge in [0.15, 0.2) is 0 Å². The van der Waals surface area contributed by atoms with Crippen LogP contribution in [0.1, 0.15) is 25.1 Å². The highest BCUT2D eigenvalue weighted by atomic mass is 16.1. The van der Waals surface area contributed by atoms with Gasteiger partial charge in [0.2, 0.25) is 5.91 Å². The molecule has 1 aromatic carbocycles. The molecule has 0 spiro atoms. The molecular formula is C17H19N5O. The summed E-state index contributed by atoms with van der Waals surface area (Å²) < 4.78 is 0. The van der Waals surface area contributed by atoms with Crippen LogP contribution < -0.4 is 10.6 Å².